The molecule has 0 unspecified atom stereocenters. The van der Waals surface area contributed by atoms with E-state index in [0.29, 0.717) is 0 Å². The van der Waals surface area contributed by atoms with E-state index in [4.69, 9.17) is 0 Å². The second-order valence-electron chi connectivity index (χ2n) is 2.38. The van der Waals surface area contributed by atoms with Crippen molar-refractivity contribution in [2.24, 2.45) is 0 Å². The zero-order chi connectivity index (χ0) is 12.3. The molecule has 1 heterocycles. The molecule has 1 rings (SSSR count). The van der Waals surface area contributed by atoms with Crippen LogP contribution in [-0.2, 0) is 0 Å². The van der Waals surface area contributed by atoms with Gasteiger partial charge in [-0.15, -0.1) is 0 Å². The van der Waals surface area contributed by atoms with E-state index >= 15 is 0 Å². The summed E-state index contributed by atoms with van der Waals surface area (Å²) < 4.78 is 0. The summed E-state index contributed by atoms with van der Waals surface area (Å²) in [6.07, 6.45) is 5.61. The molecule has 0 fully saturated rings. The van der Waals surface area contributed by atoms with E-state index in [1.165, 1.54) is 5.57 Å². The van der Waals surface area contributed by atoms with Gasteiger partial charge in [0.15, 0.2) is 0 Å². The maximum Gasteiger partial charge on any atom is 0.0675 e. The first-order valence-electron chi connectivity index (χ1n) is 5.58. The highest BCUT2D eigenvalue weighted by Crippen LogP contribution is 2.15. The molecule has 1 aromatic rings. The first-order valence-corrected chi connectivity index (χ1v) is 5.58. The van der Waals surface area contributed by atoms with Gasteiger partial charge in [-0.1, -0.05) is 46.4 Å². The monoisotopic (exact) mass is 208 g/mol. The topological polar surface area (TPSA) is 28.7 Å². The van der Waals surface area contributed by atoms with E-state index in [9.17, 15) is 0 Å². The standard InChI is InChI=1S/C9H12N2.2C2H6/c1-4-7(3)9-8(5-2)6-10-11-9;2*1-2/h4-6H,2H2,1,3H3,(H,10,11);2*1-2H3/b7-4-;;. The van der Waals surface area contributed by atoms with E-state index in [1.807, 2.05) is 47.6 Å². The number of hydrogen-bond acceptors (Lipinski definition) is 1. The van der Waals surface area contributed by atoms with Crippen LogP contribution in [0.2, 0.25) is 0 Å². The fourth-order valence-corrected chi connectivity index (χ4v) is 0.910. The molecule has 2 nitrogen and oxygen atoms in total. The Kier molecular flexibility index (Phi) is 11.6. The highest BCUT2D eigenvalue weighted by Gasteiger charge is 2.01. The van der Waals surface area contributed by atoms with Gasteiger partial charge >= 0.3 is 0 Å². The molecule has 0 bridgehead atoms. The number of H-pyrrole nitrogens is 1. The number of allylic oxidation sites excluding steroid dienone is 2. The van der Waals surface area contributed by atoms with Crippen LogP contribution in [0.1, 0.15) is 52.8 Å². The molecule has 2 heteroatoms. The maximum atomic E-state index is 3.92. The molecule has 0 spiro atoms. The summed E-state index contributed by atoms with van der Waals surface area (Å²) in [5.41, 5.74) is 3.31. The summed E-state index contributed by atoms with van der Waals surface area (Å²) in [5, 5.41) is 6.84. The van der Waals surface area contributed by atoms with Crippen LogP contribution in [0.25, 0.3) is 11.6 Å². The quantitative estimate of drug-likeness (QED) is 0.760. The van der Waals surface area contributed by atoms with Crippen LogP contribution in [-0.4, -0.2) is 10.2 Å². The van der Waals surface area contributed by atoms with Crippen molar-refractivity contribution in [1.82, 2.24) is 10.2 Å². The maximum absolute atomic E-state index is 3.92. The van der Waals surface area contributed by atoms with E-state index in [0.717, 1.165) is 11.3 Å². The van der Waals surface area contributed by atoms with E-state index in [-0.39, 0.29) is 0 Å². The van der Waals surface area contributed by atoms with Gasteiger partial charge in [-0.3, -0.25) is 5.10 Å². The van der Waals surface area contributed by atoms with E-state index in [2.05, 4.69) is 16.8 Å². The van der Waals surface area contributed by atoms with Crippen molar-refractivity contribution in [3.05, 3.63) is 30.1 Å². The van der Waals surface area contributed by atoms with Crippen LogP contribution in [0.3, 0.4) is 0 Å². The van der Waals surface area contributed by atoms with Gasteiger partial charge < -0.3 is 0 Å². The molecule has 0 aliphatic carbocycles. The van der Waals surface area contributed by atoms with Crippen LogP contribution < -0.4 is 0 Å². The Morgan fingerprint density at radius 3 is 2.27 bits per heavy atom. The average molecular weight is 208 g/mol. The molecular formula is C13H24N2. The number of hydrogen-bond donors (Lipinski definition) is 1. The summed E-state index contributed by atoms with van der Waals surface area (Å²) >= 11 is 0. The van der Waals surface area contributed by atoms with Gasteiger partial charge in [0.05, 0.1) is 11.9 Å². The van der Waals surface area contributed by atoms with Crippen LogP contribution >= 0.6 is 0 Å². The van der Waals surface area contributed by atoms with Crippen LogP contribution in [0.15, 0.2) is 18.9 Å². The minimum Gasteiger partial charge on any atom is -0.278 e. The van der Waals surface area contributed by atoms with Crippen molar-refractivity contribution in [1.29, 1.82) is 0 Å². The molecule has 0 aliphatic rings. The SMILES string of the molecule is C=Cc1cn[nH]c1/C(C)=C\C.CC.CC. The predicted molar refractivity (Wildman–Crippen MR) is 70.7 cm³/mol. The largest absolute Gasteiger partial charge is 0.278 e. The van der Waals surface area contributed by atoms with Crippen molar-refractivity contribution in [2.45, 2.75) is 41.5 Å². The van der Waals surface area contributed by atoms with Crippen molar-refractivity contribution >= 4 is 11.6 Å². The first kappa shape index (κ1) is 16.1. The lowest BCUT2D eigenvalue weighted by atomic mass is 10.1. The molecule has 0 radical (unpaired) electrons. The Bertz CT molecular complexity index is 282. The second-order valence-corrected chi connectivity index (χ2v) is 2.38. The van der Waals surface area contributed by atoms with E-state index < -0.39 is 0 Å². The van der Waals surface area contributed by atoms with Gasteiger partial charge in [-0.2, -0.15) is 5.10 Å². The lowest BCUT2D eigenvalue weighted by molar-refractivity contribution is 1.07. The molecule has 15 heavy (non-hydrogen) atoms. The number of nitrogens with zero attached hydrogens (tertiary/aromatic N) is 1. The Morgan fingerprint density at radius 1 is 1.33 bits per heavy atom. The molecule has 86 valence electrons. The van der Waals surface area contributed by atoms with Crippen molar-refractivity contribution < 1.29 is 0 Å². The molecule has 0 atom stereocenters. The Labute approximate surface area is 94.1 Å². The Hall–Kier alpha value is -1.31. The first-order chi connectivity index (χ1) is 7.29. The molecule has 0 aromatic carbocycles. The fraction of sp³-hybridized carbons (Fsp3) is 0.462. The molecule has 0 aliphatic heterocycles. The van der Waals surface area contributed by atoms with Gasteiger partial charge in [0, 0.05) is 5.56 Å². The molecule has 0 saturated heterocycles. The minimum atomic E-state index is 1.06. The molecular weight excluding hydrogens is 184 g/mol. The van der Waals surface area contributed by atoms with Gasteiger partial charge in [0.25, 0.3) is 0 Å². The van der Waals surface area contributed by atoms with E-state index in [1.54, 1.807) is 12.3 Å². The number of aromatic amines is 1. The number of rotatable bonds is 2. The average Bonchev–Trinajstić information content (AvgIpc) is 2.81. The van der Waals surface area contributed by atoms with Gasteiger partial charge in [-0.25, -0.2) is 0 Å². The normalized spacial score (nSPS) is 9.33. The smallest absolute Gasteiger partial charge is 0.0675 e. The molecule has 1 N–H and O–H groups in total. The summed E-state index contributed by atoms with van der Waals surface area (Å²) in [6, 6.07) is 0. The second kappa shape index (κ2) is 10.8. The van der Waals surface area contributed by atoms with Crippen LogP contribution in [0.4, 0.5) is 0 Å². The van der Waals surface area contributed by atoms with Gasteiger partial charge in [0.1, 0.15) is 0 Å². The van der Waals surface area contributed by atoms with Crippen LogP contribution in [0, 0.1) is 0 Å². The summed E-state index contributed by atoms with van der Waals surface area (Å²) in [5.74, 6) is 0. The third-order valence-corrected chi connectivity index (χ3v) is 1.72. The number of aromatic nitrogens is 2. The number of nitrogens with one attached hydrogen (secondary N) is 1. The molecule has 0 saturated carbocycles. The zero-order valence-electron chi connectivity index (χ0n) is 10.9. The zero-order valence-corrected chi connectivity index (χ0v) is 10.9. The summed E-state index contributed by atoms with van der Waals surface area (Å²) in [7, 11) is 0. The lowest BCUT2D eigenvalue weighted by Gasteiger charge is -1.96. The predicted octanol–water partition coefficient (Wildman–Crippen LogP) is 4.53. The third kappa shape index (κ3) is 5.21. The van der Waals surface area contributed by atoms with Crippen molar-refractivity contribution in [3.63, 3.8) is 0 Å². The Balaban J connectivity index is 0. The highest BCUT2D eigenvalue weighted by molar-refractivity contribution is 5.69. The summed E-state index contributed by atoms with van der Waals surface area (Å²) in [6.45, 7) is 15.7. The molecule has 0 amide bonds. The molecule has 1 aromatic heterocycles. The Morgan fingerprint density at radius 2 is 1.87 bits per heavy atom. The summed E-state index contributed by atoms with van der Waals surface area (Å²) in [4.78, 5) is 0. The van der Waals surface area contributed by atoms with Crippen LogP contribution in [0.5, 0.6) is 0 Å². The highest BCUT2D eigenvalue weighted by atomic mass is 15.1. The van der Waals surface area contributed by atoms with Gasteiger partial charge in [0.2, 0.25) is 0 Å². The minimum absolute atomic E-state index is 1.06. The lowest BCUT2D eigenvalue weighted by Crippen LogP contribution is -1.81. The third-order valence-electron chi connectivity index (χ3n) is 1.72. The fourth-order valence-electron chi connectivity index (χ4n) is 0.910. The van der Waals surface area contributed by atoms with Crippen molar-refractivity contribution in [2.75, 3.05) is 0 Å². The van der Waals surface area contributed by atoms with Crippen molar-refractivity contribution in [3.8, 4) is 0 Å². The van der Waals surface area contributed by atoms with Gasteiger partial charge in [-0.05, 0) is 19.4 Å².